The number of carbonyl (C=O) groups excluding carboxylic acids is 2. The third-order valence-electron chi connectivity index (χ3n) is 2.21. The third kappa shape index (κ3) is 6.56. The van der Waals surface area contributed by atoms with Gasteiger partial charge < -0.3 is 9.47 Å². The fraction of sp³-hybridized carbons (Fsp3) is 0.833. The van der Waals surface area contributed by atoms with E-state index in [9.17, 15) is 9.59 Å². The molecule has 0 aromatic carbocycles. The highest BCUT2D eigenvalue weighted by atomic mass is 16.5. The molecule has 0 rings (SSSR count). The van der Waals surface area contributed by atoms with E-state index in [4.69, 9.17) is 9.47 Å². The summed E-state index contributed by atoms with van der Waals surface area (Å²) >= 11 is 0. The Bertz CT molecular complexity index is 223. The van der Waals surface area contributed by atoms with Crippen LogP contribution >= 0.6 is 0 Å². The second-order valence-corrected chi connectivity index (χ2v) is 4.13. The predicted molar refractivity (Wildman–Crippen MR) is 61.1 cm³/mol. The van der Waals surface area contributed by atoms with E-state index in [1.807, 2.05) is 13.8 Å². The van der Waals surface area contributed by atoms with Gasteiger partial charge in [-0.15, -0.1) is 0 Å². The summed E-state index contributed by atoms with van der Waals surface area (Å²) in [4.78, 5) is 22.8. The summed E-state index contributed by atoms with van der Waals surface area (Å²) in [6.45, 7) is 6.17. The second kappa shape index (κ2) is 8.28. The Morgan fingerprint density at radius 3 is 2.25 bits per heavy atom. The standard InChI is InChI=1S/C12H22O4/c1-5-16-12(14)7-6-10(13)11(15-4)8-9(2)3/h9,11H,5-8H2,1-4H3/t11-/m0/s1. The van der Waals surface area contributed by atoms with E-state index >= 15 is 0 Å². The first-order chi connectivity index (χ1) is 7.51. The molecule has 94 valence electrons. The van der Waals surface area contributed by atoms with Gasteiger partial charge in [-0.25, -0.2) is 0 Å². The first-order valence-corrected chi connectivity index (χ1v) is 5.72. The molecular weight excluding hydrogens is 208 g/mol. The summed E-state index contributed by atoms with van der Waals surface area (Å²) in [6.07, 6.45) is 0.641. The highest BCUT2D eigenvalue weighted by Crippen LogP contribution is 2.11. The van der Waals surface area contributed by atoms with Crippen molar-refractivity contribution >= 4 is 11.8 Å². The Labute approximate surface area is 97.3 Å². The van der Waals surface area contributed by atoms with Crippen LogP contribution in [0, 0.1) is 5.92 Å². The SMILES string of the molecule is CCOC(=O)CCC(=O)[C@H](CC(C)C)OC. The maximum Gasteiger partial charge on any atom is 0.306 e. The number of Topliss-reactive ketones (excluding diaryl/α,β-unsaturated/α-hetero) is 1. The molecule has 0 saturated heterocycles. The monoisotopic (exact) mass is 230 g/mol. The maximum absolute atomic E-state index is 11.7. The molecule has 0 spiro atoms. The van der Waals surface area contributed by atoms with Gasteiger partial charge in [-0.1, -0.05) is 13.8 Å². The quantitative estimate of drug-likeness (QED) is 0.598. The smallest absolute Gasteiger partial charge is 0.306 e. The lowest BCUT2D eigenvalue weighted by atomic mass is 10.0. The van der Waals surface area contributed by atoms with Crippen molar-refractivity contribution in [2.24, 2.45) is 5.92 Å². The van der Waals surface area contributed by atoms with Gasteiger partial charge in [0.2, 0.25) is 0 Å². The van der Waals surface area contributed by atoms with Crippen LogP contribution in [0.25, 0.3) is 0 Å². The molecule has 0 N–H and O–H groups in total. The average molecular weight is 230 g/mol. The van der Waals surface area contributed by atoms with Gasteiger partial charge in [0, 0.05) is 13.5 Å². The zero-order valence-corrected chi connectivity index (χ0v) is 10.6. The summed E-state index contributed by atoms with van der Waals surface area (Å²) in [5.41, 5.74) is 0. The van der Waals surface area contributed by atoms with Crippen LogP contribution in [0.3, 0.4) is 0 Å². The molecule has 0 aromatic rings. The number of ether oxygens (including phenoxy) is 2. The van der Waals surface area contributed by atoms with Gasteiger partial charge in [0.05, 0.1) is 13.0 Å². The number of carbonyl (C=O) groups is 2. The fourth-order valence-electron chi connectivity index (χ4n) is 1.41. The molecule has 0 aliphatic rings. The Kier molecular flexibility index (Phi) is 7.81. The van der Waals surface area contributed by atoms with Gasteiger partial charge >= 0.3 is 5.97 Å². The zero-order chi connectivity index (χ0) is 12.6. The molecule has 0 aromatic heterocycles. The summed E-state index contributed by atoms with van der Waals surface area (Å²) < 4.78 is 9.87. The van der Waals surface area contributed by atoms with Crippen LogP contribution in [-0.4, -0.2) is 31.6 Å². The van der Waals surface area contributed by atoms with Gasteiger partial charge in [-0.3, -0.25) is 9.59 Å². The molecule has 0 saturated carbocycles. The first kappa shape index (κ1) is 15.1. The predicted octanol–water partition coefficient (Wildman–Crippen LogP) is 1.96. The van der Waals surface area contributed by atoms with Crippen LogP contribution in [0.2, 0.25) is 0 Å². The van der Waals surface area contributed by atoms with Crippen LogP contribution in [-0.2, 0) is 19.1 Å². The molecular formula is C12H22O4. The molecule has 0 radical (unpaired) electrons. The van der Waals surface area contributed by atoms with Gasteiger partial charge in [0.25, 0.3) is 0 Å². The number of hydrogen-bond donors (Lipinski definition) is 0. The largest absolute Gasteiger partial charge is 0.466 e. The van der Waals surface area contributed by atoms with E-state index in [2.05, 4.69) is 0 Å². The van der Waals surface area contributed by atoms with E-state index in [-0.39, 0.29) is 24.6 Å². The van der Waals surface area contributed by atoms with Crippen LogP contribution in [0.4, 0.5) is 0 Å². The molecule has 0 unspecified atom stereocenters. The molecule has 16 heavy (non-hydrogen) atoms. The van der Waals surface area contributed by atoms with Crippen LogP contribution in [0.15, 0.2) is 0 Å². The number of esters is 1. The molecule has 1 atom stereocenters. The molecule has 4 nitrogen and oxygen atoms in total. The molecule has 0 aliphatic carbocycles. The Morgan fingerprint density at radius 2 is 1.81 bits per heavy atom. The lowest BCUT2D eigenvalue weighted by Crippen LogP contribution is -2.25. The van der Waals surface area contributed by atoms with Crippen molar-refractivity contribution in [3.05, 3.63) is 0 Å². The second-order valence-electron chi connectivity index (χ2n) is 4.13. The van der Waals surface area contributed by atoms with E-state index in [0.717, 1.165) is 0 Å². The summed E-state index contributed by atoms with van der Waals surface area (Å²) in [5.74, 6) is 0.0518. The molecule has 0 heterocycles. The van der Waals surface area contributed by atoms with Crippen LogP contribution < -0.4 is 0 Å². The normalized spacial score (nSPS) is 12.6. The topological polar surface area (TPSA) is 52.6 Å². The molecule has 0 fully saturated rings. The highest BCUT2D eigenvalue weighted by molar-refractivity contribution is 5.86. The number of methoxy groups -OCH3 is 1. The molecule has 4 heteroatoms. The van der Waals surface area contributed by atoms with Crippen molar-refractivity contribution in [3.8, 4) is 0 Å². The minimum atomic E-state index is -0.394. The Morgan fingerprint density at radius 1 is 1.19 bits per heavy atom. The highest BCUT2D eigenvalue weighted by Gasteiger charge is 2.19. The van der Waals surface area contributed by atoms with E-state index in [0.29, 0.717) is 18.9 Å². The fourth-order valence-corrected chi connectivity index (χ4v) is 1.41. The van der Waals surface area contributed by atoms with Crippen molar-refractivity contribution in [2.45, 2.75) is 46.1 Å². The molecule has 0 amide bonds. The Balaban J connectivity index is 3.97. The molecule has 0 aliphatic heterocycles. The number of hydrogen-bond acceptors (Lipinski definition) is 4. The first-order valence-electron chi connectivity index (χ1n) is 5.72. The summed E-state index contributed by atoms with van der Waals surface area (Å²) in [6, 6.07) is 0. The lowest BCUT2D eigenvalue weighted by Gasteiger charge is -2.15. The van der Waals surface area contributed by atoms with Crippen LogP contribution in [0.1, 0.15) is 40.0 Å². The maximum atomic E-state index is 11.7. The minimum absolute atomic E-state index is 0.0238. The average Bonchev–Trinajstić information content (AvgIpc) is 2.22. The minimum Gasteiger partial charge on any atom is -0.466 e. The zero-order valence-electron chi connectivity index (χ0n) is 10.6. The van der Waals surface area contributed by atoms with E-state index in [1.54, 1.807) is 6.92 Å². The van der Waals surface area contributed by atoms with Crippen molar-refractivity contribution in [1.29, 1.82) is 0 Å². The third-order valence-corrected chi connectivity index (χ3v) is 2.21. The van der Waals surface area contributed by atoms with Crippen molar-refractivity contribution < 1.29 is 19.1 Å². The number of ketones is 1. The Hall–Kier alpha value is -0.900. The van der Waals surface area contributed by atoms with Gasteiger partial charge in [0.1, 0.15) is 6.10 Å². The van der Waals surface area contributed by atoms with Gasteiger partial charge in [0.15, 0.2) is 5.78 Å². The number of rotatable bonds is 8. The summed E-state index contributed by atoms with van der Waals surface area (Å²) in [7, 11) is 1.52. The van der Waals surface area contributed by atoms with Crippen LogP contribution in [0.5, 0.6) is 0 Å². The van der Waals surface area contributed by atoms with E-state index < -0.39 is 6.10 Å². The van der Waals surface area contributed by atoms with Crippen molar-refractivity contribution in [3.63, 3.8) is 0 Å². The van der Waals surface area contributed by atoms with Crippen molar-refractivity contribution in [2.75, 3.05) is 13.7 Å². The summed E-state index contributed by atoms with van der Waals surface area (Å²) in [5, 5.41) is 0. The van der Waals surface area contributed by atoms with Gasteiger partial charge in [-0.05, 0) is 19.3 Å². The van der Waals surface area contributed by atoms with Crippen molar-refractivity contribution in [1.82, 2.24) is 0 Å². The lowest BCUT2D eigenvalue weighted by molar-refractivity contribution is -0.145. The van der Waals surface area contributed by atoms with E-state index in [1.165, 1.54) is 7.11 Å². The molecule has 0 bridgehead atoms. The van der Waals surface area contributed by atoms with Gasteiger partial charge in [-0.2, -0.15) is 0 Å².